The number of benzene rings is 1. The van der Waals surface area contributed by atoms with Gasteiger partial charge in [0.2, 0.25) is 0 Å². The van der Waals surface area contributed by atoms with E-state index in [2.05, 4.69) is 44.3 Å². The molecule has 0 aliphatic carbocycles. The first-order valence-electron chi connectivity index (χ1n) is 7.49. The first kappa shape index (κ1) is 14.1. The SMILES string of the molecule is CCCC(CCC)NC(C)c1cc2ccccc2o1. The Morgan fingerprint density at radius 3 is 2.42 bits per heavy atom. The van der Waals surface area contributed by atoms with Crippen LogP contribution in [0.2, 0.25) is 0 Å². The second-order valence-electron chi connectivity index (χ2n) is 5.35. The molecule has 0 amide bonds. The van der Waals surface area contributed by atoms with Crippen LogP contribution < -0.4 is 5.32 Å². The summed E-state index contributed by atoms with van der Waals surface area (Å²) in [4.78, 5) is 0. The Morgan fingerprint density at radius 2 is 1.79 bits per heavy atom. The first-order valence-corrected chi connectivity index (χ1v) is 7.49. The molecule has 0 bridgehead atoms. The van der Waals surface area contributed by atoms with Crippen molar-refractivity contribution in [2.75, 3.05) is 0 Å². The standard InChI is InChI=1S/C17H25NO/c1-4-8-15(9-5-2)18-13(3)17-12-14-10-6-7-11-16(14)19-17/h6-7,10-13,15,18H,4-5,8-9H2,1-3H3. The fourth-order valence-corrected chi connectivity index (χ4v) is 2.66. The van der Waals surface area contributed by atoms with Crippen molar-refractivity contribution in [2.45, 2.75) is 58.5 Å². The van der Waals surface area contributed by atoms with Crippen LogP contribution in [0.4, 0.5) is 0 Å². The van der Waals surface area contributed by atoms with Crippen LogP contribution in [0.3, 0.4) is 0 Å². The van der Waals surface area contributed by atoms with Crippen molar-refractivity contribution >= 4 is 11.0 Å². The fraction of sp³-hybridized carbons (Fsp3) is 0.529. The quantitative estimate of drug-likeness (QED) is 0.752. The van der Waals surface area contributed by atoms with E-state index in [1.807, 2.05) is 12.1 Å². The molecule has 0 spiro atoms. The van der Waals surface area contributed by atoms with E-state index >= 15 is 0 Å². The Kier molecular flexibility index (Phi) is 5.03. The molecule has 0 saturated carbocycles. The summed E-state index contributed by atoms with van der Waals surface area (Å²) in [6.45, 7) is 6.68. The highest BCUT2D eigenvalue weighted by Gasteiger charge is 2.15. The fourth-order valence-electron chi connectivity index (χ4n) is 2.66. The highest BCUT2D eigenvalue weighted by molar-refractivity contribution is 5.77. The van der Waals surface area contributed by atoms with Gasteiger partial charge in [-0.25, -0.2) is 0 Å². The van der Waals surface area contributed by atoms with Gasteiger partial charge in [0, 0.05) is 11.4 Å². The molecule has 2 aromatic rings. The second-order valence-corrected chi connectivity index (χ2v) is 5.35. The van der Waals surface area contributed by atoms with E-state index in [1.54, 1.807) is 0 Å². The number of nitrogens with one attached hydrogen (secondary N) is 1. The van der Waals surface area contributed by atoms with Crippen LogP contribution in [0.1, 0.15) is 58.3 Å². The zero-order valence-corrected chi connectivity index (χ0v) is 12.3. The van der Waals surface area contributed by atoms with Crippen LogP contribution in [0, 0.1) is 0 Å². The van der Waals surface area contributed by atoms with Gasteiger partial charge in [-0.3, -0.25) is 0 Å². The number of hydrogen-bond acceptors (Lipinski definition) is 2. The van der Waals surface area contributed by atoms with Gasteiger partial charge in [0.1, 0.15) is 11.3 Å². The molecular weight excluding hydrogens is 234 g/mol. The van der Waals surface area contributed by atoms with Gasteiger partial charge in [-0.2, -0.15) is 0 Å². The van der Waals surface area contributed by atoms with Crippen molar-refractivity contribution in [3.8, 4) is 0 Å². The Hall–Kier alpha value is -1.28. The Balaban J connectivity index is 2.07. The van der Waals surface area contributed by atoms with Crippen LogP contribution in [-0.4, -0.2) is 6.04 Å². The lowest BCUT2D eigenvalue weighted by atomic mass is 10.1. The summed E-state index contributed by atoms with van der Waals surface area (Å²) in [5.41, 5.74) is 0.980. The number of para-hydroxylation sites is 1. The van der Waals surface area contributed by atoms with Gasteiger partial charge in [0.05, 0.1) is 6.04 Å². The average molecular weight is 259 g/mol. The summed E-state index contributed by atoms with van der Waals surface area (Å²) in [5, 5.41) is 4.89. The highest BCUT2D eigenvalue weighted by Crippen LogP contribution is 2.24. The van der Waals surface area contributed by atoms with Gasteiger partial charge in [0.25, 0.3) is 0 Å². The minimum Gasteiger partial charge on any atom is -0.459 e. The van der Waals surface area contributed by atoms with Crippen LogP contribution in [-0.2, 0) is 0 Å². The predicted molar refractivity (Wildman–Crippen MR) is 81.4 cm³/mol. The predicted octanol–water partition coefficient (Wildman–Crippen LogP) is 5.05. The molecule has 19 heavy (non-hydrogen) atoms. The van der Waals surface area contributed by atoms with Crippen molar-refractivity contribution in [3.05, 3.63) is 36.1 Å². The van der Waals surface area contributed by atoms with E-state index in [1.165, 1.54) is 31.1 Å². The van der Waals surface area contributed by atoms with Crippen molar-refractivity contribution < 1.29 is 4.42 Å². The van der Waals surface area contributed by atoms with Gasteiger partial charge >= 0.3 is 0 Å². The third kappa shape index (κ3) is 3.60. The molecule has 0 aliphatic heterocycles. The second kappa shape index (κ2) is 6.76. The molecule has 2 nitrogen and oxygen atoms in total. The summed E-state index contributed by atoms with van der Waals surface area (Å²) in [5.74, 6) is 1.04. The minimum absolute atomic E-state index is 0.274. The van der Waals surface area contributed by atoms with E-state index in [9.17, 15) is 0 Å². The molecule has 104 valence electrons. The van der Waals surface area contributed by atoms with Gasteiger partial charge < -0.3 is 9.73 Å². The normalized spacial score (nSPS) is 13.3. The number of rotatable bonds is 7. The maximum atomic E-state index is 5.92. The minimum atomic E-state index is 0.274. The van der Waals surface area contributed by atoms with Crippen molar-refractivity contribution in [1.82, 2.24) is 5.32 Å². The average Bonchev–Trinajstić information content (AvgIpc) is 2.83. The van der Waals surface area contributed by atoms with Gasteiger partial charge in [-0.1, -0.05) is 44.9 Å². The van der Waals surface area contributed by atoms with Crippen molar-refractivity contribution in [1.29, 1.82) is 0 Å². The van der Waals surface area contributed by atoms with E-state index in [4.69, 9.17) is 4.42 Å². The lowest BCUT2D eigenvalue weighted by Crippen LogP contribution is -2.31. The number of fused-ring (bicyclic) bond motifs is 1. The number of furan rings is 1. The summed E-state index contributed by atoms with van der Waals surface area (Å²) in [6.07, 6.45) is 4.92. The van der Waals surface area contributed by atoms with Crippen molar-refractivity contribution in [2.24, 2.45) is 0 Å². The van der Waals surface area contributed by atoms with Crippen LogP contribution in [0.5, 0.6) is 0 Å². The highest BCUT2D eigenvalue weighted by atomic mass is 16.3. The monoisotopic (exact) mass is 259 g/mol. The Morgan fingerprint density at radius 1 is 1.11 bits per heavy atom. The summed E-state index contributed by atoms with van der Waals surface area (Å²) in [7, 11) is 0. The van der Waals surface area contributed by atoms with E-state index in [0.717, 1.165) is 11.3 Å². The third-order valence-corrected chi connectivity index (χ3v) is 3.63. The topological polar surface area (TPSA) is 25.2 Å². The van der Waals surface area contributed by atoms with E-state index in [-0.39, 0.29) is 6.04 Å². The van der Waals surface area contributed by atoms with Crippen LogP contribution in [0.15, 0.2) is 34.7 Å². The van der Waals surface area contributed by atoms with Crippen LogP contribution >= 0.6 is 0 Å². The largest absolute Gasteiger partial charge is 0.459 e. The summed E-state index contributed by atoms with van der Waals surface area (Å²) >= 11 is 0. The van der Waals surface area contributed by atoms with Gasteiger partial charge in [-0.05, 0) is 31.9 Å². The van der Waals surface area contributed by atoms with E-state index in [0.29, 0.717) is 6.04 Å². The summed E-state index contributed by atoms with van der Waals surface area (Å²) in [6, 6.07) is 11.2. The first-order chi connectivity index (χ1) is 9.24. The zero-order valence-electron chi connectivity index (χ0n) is 12.3. The maximum absolute atomic E-state index is 5.92. The molecule has 1 N–H and O–H groups in total. The van der Waals surface area contributed by atoms with E-state index < -0.39 is 0 Å². The molecule has 0 aliphatic rings. The molecule has 1 heterocycles. The molecule has 1 aromatic heterocycles. The molecular formula is C17H25NO. The maximum Gasteiger partial charge on any atom is 0.134 e. The van der Waals surface area contributed by atoms with Gasteiger partial charge in [0.15, 0.2) is 0 Å². The molecule has 0 fully saturated rings. The molecule has 1 unspecified atom stereocenters. The Labute approximate surface area is 116 Å². The van der Waals surface area contributed by atoms with Crippen molar-refractivity contribution in [3.63, 3.8) is 0 Å². The third-order valence-electron chi connectivity index (χ3n) is 3.63. The molecule has 2 rings (SSSR count). The molecule has 0 radical (unpaired) electrons. The molecule has 2 heteroatoms. The summed E-state index contributed by atoms with van der Waals surface area (Å²) < 4.78 is 5.92. The number of hydrogen-bond donors (Lipinski definition) is 1. The van der Waals surface area contributed by atoms with Gasteiger partial charge in [-0.15, -0.1) is 0 Å². The lowest BCUT2D eigenvalue weighted by molar-refractivity contribution is 0.367. The zero-order chi connectivity index (χ0) is 13.7. The van der Waals surface area contributed by atoms with Crippen LogP contribution in [0.25, 0.3) is 11.0 Å². The smallest absolute Gasteiger partial charge is 0.134 e. The molecule has 1 atom stereocenters. The molecule has 0 saturated heterocycles. The Bertz CT molecular complexity index is 464. The molecule has 1 aromatic carbocycles. The lowest BCUT2D eigenvalue weighted by Gasteiger charge is -2.21.